The van der Waals surface area contributed by atoms with Crippen molar-refractivity contribution in [2.24, 2.45) is 5.41 Å². The summed E-state index contributed by atoms with van der Waals surface area (Å²) >= 11 is 1.85. The van der Waals surface area contributed by atoms with E-state index in [0.717, 1.165) is 38.8 Å². The van der Waals surface area contributed by atoms with Crippen LogP contribution in [-0.2, 0) is 17.8 Å². The maximum Gasteiger partial charge on any atom is 0.310 e. The molecule has 0 bridgehead atoms. The SMILES string of the molecule is CCCC1(C(=O)O)CCN(Cc2ccc(CC)s2)C1. The van der Waals surface area contributed by atoms with Gasteiger partial charge in [-0.05, 0) is 37.9 Å². The Balaban J connectivity index is 1.99. The Hall–Kier alpha value is -0.870. The molecule has 4 heteroatoms. The van der Waals surface area contributed by atoms with Gasteiger partial charge < -0.3 is 5.11 Å². The molecule has 1 N–H and O–H groups in total. The van der Waals surface area contributed by atoms with Gasteiger partial charge in [-0.25, -0.2) is 0 Å². The van der Waals surface area contributed by atoms with E-state index in [0.29, 0.717) is 6.54 Å². The Bertz CT molecular complexity index is 443. The van der Waals surface area contributed by atoms with Crippen LogP contribution >= 0.6 is 11.3 Å². The number of rotatable bonds is 6. The minimum absolute atomic E-state index is 0.500. The second-order valence-corrected chi connectivity index (χ2v) is 6.77. The fraction of sp³-hybridized carbons (Fsp3) is 0.667. The van der Waals surface area contributed by atoms with Gasteiger partial charge in [-0.3, -0.25) is 9.69 Å². The smallest absolute Gasteiger partial charge is 0.310 e. The van der Waals surface area contributed by atoms with Crippen LogP contribution in [0.3, 0.4) is 0 Å². The third-order valence-corrected chi connectivity index (χ3v) is 5.27. The van der Waals surface area contributed by atoms with Gasteiger partial charge in [0.05, 0.1) is 5.41 Å². The standard InChI is InChI=1S/C15H23NO2S/c1-3-7-15(14(17)18)8-9-16(11-15)10-13-6-5-12(4-2)19-13/h5-6H,3-4,7-11H2,1-2H3,(H,17,18). The van der Waals surface area contributed by atoms with Crippen molar-refractivity contribution in [3.05, 3.63) is 21.9 Å². The van der Waals surface area contributed by atoms with Gasteiger partial charge in [0.2, 0.25) is 0 Å². The van der Waals surface area contributed by atoms with Crippen LogP contribution in [0.5, 0.6) is 0 Å². The van der Waals surface area contributed by atoms with Crippen molar-refractivity contribution in [1.29, 1.82) is 0 Å². The molecule has 0 aromatic carbocycles. The lowest BCUT2D eigenvalue weighted by atomic mass is 9.83. The highest BCUT2D eigenvalue weighted by Crippen LogP contribution is 2.36. The van der Waals surface area contributed by atoms with E-state index < -0.39 is 11.4 Å². The maximum absolute atomic E-state index is 11.5. The Morgan fingerprint density at radius 2 is 2.16 bits per heavy atom. The molecule has 1 aliphatic rings. The van der Waals surface area contributed by atoms with Crippen LogP contribution in [0.4, 0.5) is 0 Å². The summed E-state index contributed by atoms with van der Waals surface area (Å²) in [6.07, 6.45) is 3.62. The molecule has 3 nitrogen and oxygen atoms in total. The first-order chi connectivity index (χ1) is 9.09. The van der Waals surface area contributed by atoms with Gasteiger partial charge >= 0.3 is 5.97 Å². The summed E-state index contributed by atoms with van der Waals surface area (Å²) in [7, 11) is 0. The van der Waals surface area contributed by atoms with Crippen LogP contribution in [0.2, 0.25) is 0 Å². The maximum atomic E-state index is 11.5. The van der Waals surface area contributed by atoms with Crippen LogP contribution in [0.1, 0.15) is 42.9 Å². The zero-order valence-corrected chi connectivity index (χ0v) is 12.6. The zero-order valence-electron chi connectivity index (χ0n) is 11.8. The Kier molecular flexibility index (Phi) is 4.63. The summed E-state index contributed by atoms with van der Waals surface area (Å²) in [5.74, 6) is -0.614. The second-order valence-electron chi connectivity index (χ2n) is 5.52. The highest BCUT2D eigenvalue weighted by atomic mass is 32.1. The van der Waals surface area contributed by atoms with Crippen LogP contribution < -0.4 is 0 Å². The van der Waals surface area contributed by atoms with E-state index in [1.54, 1.807) is 0 Å². The first-order valence-electron chi connectivity index (χ1n) is 7.13. The lowest BCUT2D eigenvalue weighted by Gasteiger charge is -2.24. The second kappa shape index (κ2) is 6.06. The van der Waals surface area contributed by atoms with E-state index in [2.05, 4.69) is 30.9 Å². The van der Waals surface area contributed by atoms with Gasteiger partial charge in [0.25, 0.3) is 0 Å². The summed E-state index contributed by atoms with van der Waals surface area (Å²) in [4.78, 5) is 16.6. The first kappa shape index (κ1) is 14.5. The molecular weight excluding hydrogens is 258 g/mol. The van der Waals surface area contributed by atoms with Crippen molar-refractivity contribution in [2.45, 2.75) is 46.1 Å². The average Bonchev–Trinajstić information content (AvgIpc) is 2.98. The number of hydrogen-bond acceptors (Lipinski definition) is 3. The van der Waals surface area contributed by atoms with Crippen LogP contribution in [0.25, 0.3) is 0 Å². The van der Waals surface area contributed by atoms with Crippen molar-refractivity contribution in [1.82, 2.24) is 4.90 Å². The first-order valence-corrected chi connectivity index (χ1v) is 7.94. The molecule has 1 fully saturated rings. The predicted molar refractivity (Wildman–Crippen MR) is 78.6 cm³/mol. The number of aryl methyl sites for hydroxylation is 1. The summed E-state index contributed by atoms with van der Waals surface area (Å²) in [6.45, 7) is 6.76. The molecule has 0 amide bonds. The quantitative estimate of drug-likeness (QED) is 0.869. The molecule has 2 heterocycles. The number of carboxylic acid groups (broad SMARTS) is 1. The molecule has 1 unspecified atom stereocenters. The third kappa shape index (κ3) is 3.18. The largest absolute Gasteiger partial charge is 0.481 e. The van der Waals surface area contributed by atoms with Gasteiger partial charge in [-0.1, -0.05) is 20.3 Å². The van der Waals surface area contributed by atoms with E-state index in [1.807, 2.05) is 11.3 Å². The van der Waals surface area contributed by atoms with E-state index in [-0.39, 0.29) is 0 Å². The van der Waals surface area contributed by atoms with Gasteiger partial charge in [0.15, 0.2) is 0 Å². The number of aliphatic carboxylic acids is 1. The molecule has 106 valence electrons. The predicted octanol–water partition coefficient (Wildman–Crippen LogP) is 3.39. The molecule has 1 saturated heterocycles. The molecule has 2 rings (SSSR count). The van der Waals surface area contributed by atoms with Gasteiger partial charge in [-0.15, -0.1) is 11.3 Å². The van der Waals surface area contributed by atoms with Crippen molar-refractivity contribution >= 4 is 17.3 Å². The molecule has 0 saturated carbocycles. The van der Waals surface area contributed by atoms with E-state index in [9.17, 15) is 9.90 Å². The fourth-order valence-electron chi connectivity index (χ4n) is 2.98. The molecule has 1 atom stereocenters. The molecule has 1 aromatic rings. The molecule has 1 aromatic heterocycles. The van der Waals surface area contributed by atoms with Gasteiger partial charge in [0.1, 0.15) is 0 Å². The zero-order chi connectivity index (χ0) is 13.9. The molecule has 19 heavy (non-hydrogen) atoms. The fourth-order valence-corrected chi connectivity index (χ4v) is 3.98. The minimum Gasteiger partial charge on any atom is -0.481 e. The summed E-state index contributed by atoms with van der Waals surface area (Å²) < 4.78 is 0. The van der Waals surface area contributed by atoms with E-state index in [1.165, 1.54) is 9.75 Å². The van der Waals surface area contributed by atoms with Crippen LogP contribution in [-0.4, -0.2) is 29.1 Å². The van der Waals surface area contributed by atoms with Crippen molar-refractivity contribution in [2.75, 3.05) is 13.1 Å². The summed E-state index contributed by atoms with van der Waals surface area (Å²) in [5.41, 5.74) is -0.500. The third-order valence-electron chi connectivity index (χ3n) is 4.06. The van der Waals surface area contributed by atoms with Crippen LogP contribution in [0, 0.1) is 5.41 Å². The number of hydrogen-bond donors (Lipinski definition) is 1. The molecule has 0 aliphatic carbocycles. The molecular formula is C15H23NO2S. The summed E-state index contributed by atoms with van der Waals surface area (Å²) in [6, 6.07) is 4.37. The van der Waals surface area contributed by atoms with Gasteiger partial charge in [-0.2, -0.15) is 0 Å². The summed E-state index contributed by atoms with van der Waals surface area (Å²) in [5, 5.41) is 9.50. The monoisotopic (exact) mass is 281 g/mol. The number of carbonyl (C=O) groups is 1. The van der Waals surface area contributed by atoms with E-state index >= 15 is 0 Å². The molecule has 0 radical (unpaired) electrons. The van der Waals surface area contributed by atoms with Crippen molar-refractivity contribution in [3.8, 4) is 0 Å². The Morgan fingerprint density at radius 1 is 1.42 bits per heavy atom. The highest BCUT2D eigenvalue weighted by Gasteiger charge is 2.43. The number of nitrogens with zero attached hydrogens (tertiary/aromatic N) is 1. The highest BCUT2D eigenvalue weighted by molar-refractivity contribution is 7.11. The Morgan fingerprint density at radius 3 is 2.74 bits per heavy atom. The normalized spacial score (nSPS) is 23.9. The van der Waals surface area contributed by atoms with Crippen molar-refractivity contribution in [3.63, 3.8) is 0 Å². The lowest BCUT2D eigenvalue weighted by molar-refractivity contribution is -0.148. The number of carboxylic acids is 1. The lowest BCUT2D eigenvalue weighted by Crippen LogP contribution is -2.34. The van der Waals surface area contributed by atoms with Gasteiger partial charge in [0, 0.05) is 22.8 Å². The average molecular weight is 281 g/mol. The number of thiophene rings is 1. The van der Waals surface area contributed by atoms with Crippen LogP contribution in [0.15, 0.2) is 12.1 Å². The molecule has 1 aliphatic heterocycles. The molecule has 0 spiro atoms. The minimum atomic E-state index is -0.614. The number of likely N-dealkylation sites (tertiary alicyclic amines) is 1. The van der Waals surface area contributed by atoms with Crippen molar-refractivity contribution < 1.29 is 9.90 Å². The van der Waals surface area contributed by atoms with E-state index in [4.69, 9.17) is 0 Å². The Labute approximate surface area is 119 Å². The topological polar surface area (TPSA) is 40.5 Å².